The summed E-state index contributed by atoms with van der Waals surface area (Å²) in [7, 11) is -1.77. The van der Waals surface area contributed by atoms with Gasteiger partial charge in [0.2, 0.25) is 0 Å². The quantitative estimate of drug-likeness (QED) is 0.338. The molecule has 0 aliphatic carbocycles. The van der Waals surface area contributed by atoms with E-state index in [0.717, 1.165) is 0 Å². The minimum atomic E-state index is -1.77. The summed E-state index contributed by atoms with van der Waals surface area (Å²) in [5, 5.41) is 0. The molecule has 0 radical (unpaired) electrons. The zero-order valence-electron chi connectivity index (χ0n) is 17.7. The molecule has 0 amide bonds. The zero-order chi connectivity index (χ0) is 22.4. The number of halogens is 3. The van der Waals surface area contributed by atoms with Gasteiger partial charge in [0, 0.05) is 19.9 Å². The number of para-hydroxylation sites is 1. The first kappa shape index (κ1) is 22.7. The summed E-state index contributed by atoms with van der Waals surface area (Å²) in [5.74, 6) is -1.28. The van der Waals surface area contributed by atoms with Crippen LogP contribution in [0.15, 0.2) is 78.6 Å². The lowest BCUT2D eigenvalue weighted by atomic mass is 10.1. The van der Waals surface area contributed by atoms with E-state index in [4.69, 9.17) is 9.47 Å². The van der Waals surface area contributed by atoms with Crippen molar-refractivity contribution >= 4 is 14.6 Å². The van der Waals surface area contributed by atoms with Crippen LogP contribution in [-0.2, 0) is 0 Å². The van der Waals surface area contributed by atoms with E-state index in [1.807, 2.05) is 26.1 Å². The molecule has 0 saturated carbocycles. The van der Waals surface area contributed by atoms with E-state index in [1.54, 1.807) is 36.4 Å². The standard InChI is InChI=1S/C25H25F3O2Si/c1-4-29-19-13-10-17(11-14-19)23(27)24(28)25(31(2)3)18-12-15-21(26)22(16-18)30-20-8-6-5-7-9-20/h5-16,25,31H,4H2,1-3H3. The maximum atomic E-state index is 15.4. The van der Waals surface area contributed by atoms with E-state index in [9.17, 15) is 4.39 Å². The van der Waals surface area contributed by atoms with Crippen molar-refractivity contribution in [3.63, 3.8) is 0 Å². The summed E-state index contributed by atoms with van der Waals surface area (Å²) in [6.45, 7) is 6.20. The van der Waals surface area contributed by atoms with Crippen LogP contribution in [-0.4, -0.2) is 15.4 Å². The topological polar surface area (TPSA) is 18.5 Å². The Bertz CT molecular complexity index is 1030. The van der Waals surface area contributed by atoms with E-state index in [1.165, 1.54) is 30.3 Å². The maximum Gasteiger partial charge on any atom is 0.165 e. The van der Waals surface area contributed by atoms with E-state index in [0.29, 0.717) is 23.7 Å². The smallest absolute Gasteiger partial charge is 0.165 e. The second kappa shape index (κ2) is 10.4. The lowest BCUT2D eigenvalue weighted by Gasteiger charge is -2.21. The predicted molar refractivity (Wildman–Crippen MR) is 121 cm³/mol. The predicted octanol–water partition coefficient (Wildman–Crippen LogP) is 7.43. The molecule has 0 fully saturated rings. The van der Waals surface area contributed by atoms with Crippen LogP contribution in [0.1, 0.15) is 23.6 Å². The summed E-state index contributed by atoms with van der Waals surface area (Å²) in [6, 6.07) is 19.2. The second-order valence-electron chi connectivity index (χ2n) is 7.45. The van der Waals surface area contributed by atoms with Crippen molar-refractivity contribution in [2.45, 2.75) is 25.6 Å². The zero-order valence-corrected chi connectivity index (χ0v) is 18.9. The van der Waals surface area contributed by atoms with Crippen molar-refractivity contribution in [1.82, 2.24) is 0 Å². The molecule has 3 rings (SSSR count). The van der Waals surface area contributed by atoms with Gasteiger partial charge in [-0.1, -0.05) is 37.4 Å². The Hall–Kier alpha value is -2.99. The van der Waals surface area contributed by atoms with Crippen molar-refractivity contribution in [2.75, 3.05) is 6.61 Å². The van der Waals surface area contributed by atoms with Gasteiger partial charge in [-0.25, -0.2) is 13.2 Å². The normalized spacial score (nSPS) is 13.0. The van der Waals surface area contributed by atoms with Gasteiger partial charge in [-0.15, -0.1) is 0 Å². The molecule has 2 nitrogen and oxygen atoms in total. The lowest BCUT2D eigenvalue weighted by molar-refractivity contribution is 0.340. The number of ether oxygens (including phenoxy) is 2. The molecule has 0 aliphatic heterocycles. The molecule has 0 aliphatic rings. The van der Waals surface area contributed by atoms with Gasteiger partial charge in [-0.05, 0) is 61.0 Å². The monoisotopic (exact) mass is 442 g/mol. The Morgan fingerprint density at radius 2 is 1.58 bits per heavy atom. The van der Waals surface area contributed by atoms with Crippen molar-refractivity contribution in [3.05, 3.63) is 95.6 Å². The highest BCUT2D eigenvalue weighted by molar-refractivity contribution is 6.58. The fraction of sp³-hybridized carbons (Fsp3) is 0.200. The van der Waals surface area contributed by atoms with Crippen LogP contribution < -0.4 is 9.47 Å². The van der Waals surface area contributed by atoms with Crippen LogP contribution >= 0.6 is 0 Å². The molecule has 6 heteroatoms. The van der Waals surface area contributed by atoms with Crippen molar-refractivity contribution < 1.29 is 22.6 Å². The molecule has 3 aromatic rings. The summed E-state index contributed by atoms with van der Waals surface area (Å²) >= 11 is 0. The first-order valence-corrected chi connectivity index (χ1v) is 13.2. The Morgan fingerprint density at radius 3 is 2.19 bits per heavy atom. The van der Waals surface area contributed by atoms with Crippen LogP contribution in [0.3, 0.4) is 0 Å². The summed E-state index contributed by atoms with van der Waals surface area (Å²) < 4.78 is 55.7. The van der Waals surface area contributed by atoms with Crippen molar-refractivity contribution in [1.29, 1.82) is 0 Å². The minimum Gasteiger partial charge on any atom is -0.494 e. The highest BCUT2D eigenvalue weighted by atomic mass is 28.3. The Kier molecular flexibility index (Phi) is 7.58. The molecule has 0 aromatic heterocycles. The Morgan fingerprint density at radius 1 is 0.903 bits per heavy atom. The van der Waals surface area contributed by atoms with E-state index in [2.05, 4.69) is 0 Å². The van der Waals surface area contributed by atoms with Crippen LogP contribution in [0.5, 0.6) is 17.2 Å². The highest BCUT2D eigenvalue weighted by Gasteiger charge is 2.27. The maximum absolute atomic E-state index is 15.4. The Labute approximate surface area is 182 Å². The van der Waals surface area contributed by atoms with Gasteiger partial charge in [0.1, 0.15) is 17.3 Å². The molecule has 162 valence electrons. The Balaban J connectivity index is 1.95. The van der Waals surface area contributed by atoms with E-state index >= 15 is 8.78 Å². The number of benzene rings is 3. The third-order valence-electron chi connectivity index (χ3n) is 4.85. The van der Waals surface area contributed by atoms with Crippen LogP contribution in [0.25, 0.3) is 5.83 Å². The summed E-state index contributed by atoms with van der Waals surface area (Å²) in [6.07, 6.45) is 0. The minimum absolute atomic E-state index is 0.0161. The SMILES string of the molecule is CCOc1ccc(C(F)=C(F)C(c2ccc(F)c(Oc3ccccc3)c2)[SiH](C)C)cc1. The largest absolute Gasteiger partial charge is 0.494 e. The molecular weight excluding hydrogens is 417 g/mol. The molecule has 3 aromatic carbocycles. The lowest BCUT2D eigenvalue weighted by Crippen LogP contribution is -2.18. The van der Waals surface area contributed by atoms with Gasteiger partial charge in [0.25, 0.3) is 0 Å². The molecule has 0 bridgehead atoms. The van der Waals surface area contributed by atoms with Gasteiger partial charge < -0.3 is 9.47 Å². The third-order valence-corrected chi connectivity index (χ3v) is 6.86. The van der Waals surface area contributed by atoms with Gasteiger partial charge in [-0.2, -0.15) is 0 Å². The van der Waals surface area contributed by atoms with Gasteiger partial charge >= 0.3 is 0 Å². The van der Waals surface area contributed by atoms with Crippen LogP contribution in [0.2, 0.25) is 13.1 Å². The molecule has 1 atom stereocenters. The molecule has 0 heterocycles. The van der Waals surface area contributed by atoms with Crippen LogP contribution in [0, 0.1) is 5.82 Å². The number of hydrogen-bond acceptors (Lipinski definition) is 2. The molecule has 0 saturated heterocycles. The first-order chi connectivity index (χ1) is 14.9. The third kappa shape index (κ3) is 5.58. The van der Waals surface area contributed by atoms with Gasteiger partial charge in [0.15, 0.2) is 17.4 Å². The second-order valence-corrected chi connectivity index (χ2v) is 10.6. The first-order valence-electron chi connectivity index (χ1n) is 10.2. The molecule has 0 spiro atoms. The van der Waals surface area contributed by atoms with Gasteiger partial charge in [-0.3, -0.25) is 0 Å². The number of rotatable bonds is 8. The average molecular weight is 443 g/mol. The van der Waals surface area contributed by atoms with Crippen molar-refractivity contribution in [2.24, 2.45) is 0 Å². The van der Waals surface area contributed by atoms with Crippen molar-refractivity contribution in [3.8, 4) is 17.2 Å². The fourth-order valence-electron chi connectivity index (χ4n) is 3.37. The molecule has 31 heavy (non-hydrogen) atoms. The number of allylic oxidation sites excluding steroid dienone is 1. The van der Waals surface area contributed by atoms with Gasteiger partial charge in [0.05, 0.1) is 6.61 Å². The molecule has 0 N–H and O–H groups in total. The number of hydrogen-bond donors (Lipinski definition) is 0. The highest BCUT2D eigenvalue weighted by Crippen LogP contribution is 2.37. The van der Waals surface area contributed by atoms with E-state index in [-0.39, 0.29) is 11.3 Å². The van der Waals surface area contributed by atoms with E-state index < -0.39 is 31.8 Å². The average Bonchev–Trinajstić information content (AvgIpc) is 2.77. The fourth-order valence-corrected chi connectivity index (χ4v) is 5.08. The summed E-state index contributed by atoms with van der Waals surface area (Å²) in [5.41, 5.74) is -0.124. The van der Waals surface area contributed by atoms with Crippen LogP contribution in [0.4, 0.5) is 13.2 Å². The molecular formula is C25H25F3O2Si. The molecule has 1 unspecified atom stereocenters. The summed E-state index contributed by atoms with van der Waals surface area (Å²) in [4.78, 5) is 0.